The Morgan fingerprint density at radius 2 is 1.75 bits per heavy atom. The van der Waals surface area contributed by atoms with E-state index in [0.717, 1.165) is 5.75 Å². The normalized spacial score (nSPS) is 10.1. The third-order valence-electron chi connectivity index (χ3n) is 2.77. The maximum Gasteiger partial charge on any atom is 0.223 e. The minimum Gasteiger partial charge on any atom is -0.493 e. The lowest BCUT2D eigenvalue weighted by Gasteiger charge is -2.07. The minimum absolute atomic E-state index is 0.163. The Hall–Kier alpha value is -2.36. The van der Waals surface area contributed by atoms with Crippen LogP contribution in [0.15, 0.2) is 54.6 Å². The molecule has 104 valence electrons. The molecule has 0 unspecified atom stereocenters. The summed E-state index contributed by atoms with van der Waals surface area (Å²) in [4.78, 5) is 11.6. The van der Waals surface area contributed by atoms with Gasteiger partial charge in [0.15, 0.2) is 0 Å². The van der Waals surface area contributed by atoms with Gasteiger partial charge in [0.05, 0.1) is 13.0 Å². The maximum atomic E-state index is 13.3. The predicted molar refractivity (Wildman–Crippen MR) is 74.8 cm³/mol. The average molecular weight is 273 g/mol. The van der Waals surface area contributed by atoms with Crippen LogP contribution in [0.5, 0.6) is 5.75 Å². The van der Waals surface area contributed by atoms with E-state index in [2.05, 4.69) is 5.32 Å². The molecule has 0 saturated heterocycles. The van der Waals surface area contributed by atoms with Crippen molar-refractivity contribution in [3.05, 3.63) is 66.0 Å². The summed E-state index contributed by atoms with van der Waals surface area (Å²) < 4.78 is 18.8. The fourth-order valence-corrected chi connectivity index (χ4v) is 1.70. The Morgan fingerprint density at radius 3 is 2.50 bits per heavy atom. The fourth-order valence-electron chi connectivity index (χ4n) is 1.70. The van der Waals surface area contributed by atoms with E-state index in [9.17, 15) is 9.18 Å². The second-order valence-corrected chi connectivity index (χ2v) is 4.28. The van der Waals surface area contributed by atoms with Crippen molar-refractivity contribution in [1.29, 1.82) is 0 Å². The standard InChI is InChI=1S/C16H16FNO2/c17-15-9-5-4-6-13(15)12-18-16(19)10-11-20-14-7-2-1-3-8-14/h1-9H,10-12H2,(H,18,19). The van der Waals surface area contributed by atoms with Crippen LogP contribution in [0.2, 0.25) is 0 Å². The third kappa shape index (κ3) is 4.39. The first-order valence-corrected chi connectivity index (χ1v) is 6.43. The van der Waals surface area contributed by atoms with Gasteiger partial charge in [0.2, 0.25) is 5.91 Å². The van der Waals surface area contributed by atoms with Crippen LogP contribution >= 0.6 is 0 Å². The summed E-state index contributed by atoms with van der Waals surface area (Å²) in [5, 5.41) is 2.67. The summed E-state index contributed by atoms with van der Waals surface area (Å²) in [6, 6.07) is 15.7. The number of amides is 1. The summed E-state index contributed by atoms with van der Waals surface area (Å²) in [6.45, 7) is 0.490. The van der Waals surface area contributed by atoms with Crippen molar-refractivity contribution < 1.29 is 13.9 Å². The summed E-state index contributed by atoms with van der Waals surface area (Å²) in [7, 11) is 0. The highest BCUT2D eigenvalue weighted by Crippen LogP contribution is 2.08. The van der Waals surface area contributed by atoms with Crippen molar-refractivity contribution in [2.24, 2.45) is 0 Å². The fraction of sp³-hybridized carbons (Fsp3) is 0.188. The molecule has 0 aliphatic heterocycles. The van der Waals surface area contributed by atoms with Gasteiger partial charge in [0.1, 0.15) is 11.6 Å². The van der Waals surface area contributed by atoms with Gasteiger partial charge in [-0.1, -0.05) is 36.4 Å². The van der Waals surface area contributed by atoms with Crippen molar-refractivity contribution in [2.75, 3.05) is 6.61 Å². The summed E-state index contributed by atoms with van der Waals surface area (Å²) >= 11 is 0. The molecule has 0 heterocycles. The quantitative estimate of drug-likeness (QED) is 0.878. The summed E-state index contributed by atoms with van der Waals surface area (Å²) in [5.74, 6) is 0.256. The molecule has 2 aromatic carbocycles. The Bertz CT molecular complexity index is 557. The van der Waals surface area contributed by atoms with E-state index in [-0.39, 0.29) is 24.7 Å². The van der Waals surface area contributed by atoms with Gasteiger partial charge in [-0.2, -0.15) is 0 Å². The van der Waals surface area contributed by atoms with Crippen LogP contribution in [-0.4, -0.2) is 12.5 Å². The molecule has 0 saturated carbocycles. The number of nitrogens with one attached hydrogen (secondary N) is 1. The van der Waals surface area contributed by atoms with E-state index < -0.39 is 0 Å². The number of carbonyl (C=O) groups is 1. The molecule has 1 amide bonds. The van der Waals surface area contributed by atoms with E-state index in [4.69, 9.17) is 4.74 Å². The molecule has 0 aromatic heterocycles. The Kier molecular flexibility index (Phi) is 5.12. The Labute approximate surface area is 117 Å². The molecule has 1 N–H and O–H groups in total. The summed E-state index contributed by atoms with van der Waals surface area (Å²) in [6.07, 6.45) is 0.239. The molecular formula is C16H16FNO2. The molecule has 4 heteroatoms. The van der Waals surface area contributed by atoms with Gasteiger partial charge in [-0.25, -0.2) is 4.39 Å². The zero-order valence-corrected chi connectivity index (χ0v) is 11.0. The van der Waals surface area contributed by atoms with E-state index in [1.807, 2.05) is 30.3 Å². The number of benzene rings is 2. The predicted octanol–water partition coefficient (Wildman–Crippen LogP) is 2.91. The van der Waals surface area contributed by atoms with Crippen molar-refractivity contribution in [1.82, 2.24) is 5.32 Å². The van der Waals surface area contributed by atoms with Crippen LogP contribution in [0.25, 0.3) is 0 Å². The highest BCUT2D eigenvalue weighted by Gasteiger charge is 2.04. The van der Waals surface area contributed by atoms with Crippen LogP contribution in [0.1, 0.15) is 12.0 Å². The molecule has 0 fully saturated rings. The van der Waals surface area contributed by atoms with Crippen LogP contribution in [-0.2, 0) is 11.3 Å². The van der Waals surface area contributed by atoms with Gasteiger partial charge in [-0.15, -0.1) is 0 Å². The number of hydrogen-bond donors (Lipinski definition) is 1. The van der Waals surface area contributed by atoms with E-state index in [1.165, 1.54) is 6.07 Å². The topological polar surface area (TPSA) is 38.3 Å². The largest absolute Gasteiger partial charge is 0.493 e. The smallest absolute Gasteiger partial charge is 0.223 e. The molecule has 0 radical (unpaired) electrons. The molecule has 2 rings (SSSR count). The highest BCUT2D eigenvalue weighted by molar-refractivity contribution is 5.75. The molecular weight excluding hydrogens is 257 g/mol. The number of hydrogen-bond acceptors (Lipinski definition) is 2. The average Bonchev–Trinajstić information content (AvgIpc) is 2.47. The first kappa shape index (κ1) is 14.1. The van der Waals surface area contributed by atoms with Crippen molar-refractivity contribution in [2.45, 2.75) is 13.0 Å². The first-order valence-electron chi connectivity index (χ1n) is 6.43. The molecule has 0 aliphatic rings. The Balaban J connectivity index is 1.70. The molecule has 3 nitrogen and oxygen atoms in total. The molecule has 2 aromatic rings. The van der Waals surface area contributed by atoms with Gasteiger partial charge < -0.3 is 10.1 Å². The molecule has 0 aliphatic carbocycles. The number of ether oxygens (including phenoxy) is 1. The van der Waals surface area contributed by atoms with Gasteiger partial charge >= 0.3 is 0 Å². The monoisotopic (exact) mass is 273 g/mol. The molecule has 0 atom stereocenters. The number of carbonyl (C=O) groups excluding carboxylic acids is 1. The van der Waals surface area contributed by atoms with Gasteiger partial charge in [0.25, 0.3) is 0 Å². The molecule has 20 heavy (non-hydrogen) atoms. The second-order valence-electron chi connectivity index (χ2n) is 4.28. The number of rotatable bonds is 6. The second kappa shape index (κ2) is 7.28. The van der Waals surface area contributed by atoms with Gasteiger partial charge in [-0.05, 0) is 18.2 Å². The maximum absolute atomic E-state index is 13.3. The van der Waals surface area contributed by atoms with Crippen LogP contribution < -0.4 is 10.1 Å². The summed E-state index contributed by atoms with van der Waals surface area (Å²) in [5.41, 5.74) is 0.477. The van der Waals surface area contributed by atoms with Crippen LogP contribution in [0.3, 0.4) is 0 Å². The minimum atomic E-state index is -0.312. The lowest BCUT2D eigenvalue weighted by Crippen LogP contribution is -2.24. The van der Waals surface area contributed by atoms with Crippen LogP contribution in [0, 0.1) is 5.82 Å². The Morgan fingerprint density at radius 1 is 1.05 bits per heavy atom. The number of para-hydroxylation sites is 1. The van der Waals surface area contributed by atoms with Crippen LogP contribution in [0.4, 0.5) is 4.39 Å². The lowest BCUT2D eigenvalue weighted by atomic mass is 10.2. The first-order chi connectivity index (χ1) is 9.75. The van der Waals surface area contributed by atoms with Crippen molar-refractivity contribution in [3.63, 3.8) is 0 Å². The SMILES string of the molecule is O=C(CCOc1ccccc1)NCc1ccccc1F. The lowest BCUT2D eigenvalue weighted by molar-refractivity contribution is -0.121. The molecule has 0 bridgehead atoms. The van der Waals surface area contributed by atoms with E-state index in [0.29, 0.717) is 12.2 Å². The molecule has 0 spiro atoms. The van der Waals surface area contributed by atoms with Gasteiger partial charge in [0, 0.05) is 12.1 Å². The van der Waals surface area contributed by atoms with Gasteiger partial charge in [-0.3, -0.25) is 4.79 Å². The van der Waals surface area contributed by atoms with Crippen molar-refractivity contribution >= 4 is 5.91 Å². The van der Waals surface area contributed by atoms with E-state index >= 15 is 0 Å². The number of halogens is 1. The highest BCUT2D eigenvalue weighted by atomic mass is 19.1. The van der Waals surface area contributed by atoms with E-state index in [1.54, 1.807) is 18.2 Å². The zero-order chi connectivity index (χ0) is 14.2. The zero-order valence-electron chi connectivity index (χ0n) is 11.0. The third-order valence-corrected chi connectivity index (χ3v) is 2.77. The van der Waals surface area contributed by atoms with Crippen molar-refractivity contribution in [3.8, 4) is 5.75 Å².